The van der Waals surface area contributed by atoms with Gasteiger partial charge in [-0.05, 0) is 47.9 Å². The quantitative estimate of drug-likeness (QED) is 0.851. The third kappa shape index (κ3) is 5.40. The Bertz CT molecular complexity index is 679. The smallest absolute Gasteiger partial charge is 0.150 e. The lowest BCUT2D eigenvalue weighted by molar-refractivity contribution is 0.366. The summed E-state index contributed by atoms with van der Waals surface area (Å²) in [6.07, 6.45) is 0. The van der Waals surface area contributed by atoms with Gasteiger partial charge >= 0.3 is 0 Å². The SMILES string of the molecule is Oc1cccc(OCC#CC#CCOc2cccc(O)c2)c1. The van der Waals surface area contributed by atoms with Crippen LogP contribution in [0.2, 0.25) is 0 Å². The average molecular weight is 294 g/mol. The molecule has 0 amide bonds. The molecule has 0 heterocycles. The molecule has 0 fully saturated rings. The predicted octanol–water partition coefficient (Wildman–Crippen LogP) is 2.56. The molecule has 0 bridgehead atoms. The summed E-state index contributed by atoms with van der Waals surface area (Å²) in [4.78, 5) is 0. The Morgan fingerprint density at radius 2 is 1.18 bits per heavy atom. The zero-order valence-electron chi connectivity index (χ0n) is 11.7. The fourth-order valence-electron chi connectivity index (χ4n) is 1.55. The van der Waals surface area contributed by atoms with E-state index in [-0.39, 0.29) is 24.7 Å². The topological polar surface area (TPSA) is 58.9 Å². The summed E-state index contributed by atoms with van der Waals surface area (Å²) in [7, 11) is 0. The van der Waals surface area contributed by atoms with Crippen molar-refractivity contribution in [3.8, 4) is 46.7 Å². The number of phenolic OH excluding ortho intramolecular Hbond substituents is 2. The summed E-state index contributed by atoms with van der Waals surface area (Å²) in [5, 5.41) is 18.5. The van der Waals surface area contributed by atoms with Crippen molar-refractivity contribution >= 4 is 0 Å². The number of ether oxygens (including phenoxy) is 2. The van der Waals surface area contributed by atoms with Gasteiger partial charge in [0, 0.05) is 12.1 Å². The van der Waals surface area contributed by atoms with Crippen LogP contribution in [0.1, 0.15) is 0 Å². The van der Waals surface area contributed by atoms with E-state index >= 15 is 0 Å². The molecule has 2 N–H and O–H groups in total. The predicted molar refractivity (Wildman–Crippen MR) is 82.8 cm³/mol. The molecule has 2 rings (SSSR count). The van der Waals surface area contributed by atoms with Gasteiger partial charge in [-0.1, -0.05) is 12.1 Å². The van der Waals surface area contributed by atoms with E-state index in [0.717, 1.165) is 0 Å². The van der Waals surface area contributed by atoms with E-state index in [9.17, 15) is 10.2 Å². The molecular weight excluding hydrogens is 280 g/mol. The minimum Gasteiger partial charge on any atom is -0.508 e. The minimum absolute atomic E-state index is 0.148. The van der Waals surface area contributed by atoms with Crippen molar-refractivity contribution in [2.45, 2.75) is 0 Å². The maximum atomic E-state index is 9.26. The lowest BCUT2D eigenvalue weighted by Crippen LogP contribution is -1.94. The molecule has 0 saturated carbocycles. The maximum absolute atomic E-state index is 9.26. The Morgan fingerprint density at radius 3 is 1.59 bits per heavy atom. The first-order valence-electron chi connectivity index (χ1n) is 6.53. The van der Waals surface area contributed by atoms with Crippen LogP contribution in [0, 0.1) is 23.7 Å². The molecule has 0 aromatic heterocycles. The van der Waals surface area contributed by atoms with Gasteiger partial charge in [0.25, 0.3) is 0 Å². The number of hydrogen-bond acceptors (Lipinski definition) is 4. The Hall–Kier alpha value is -3.24. The molecule has 2 aromatic carbocycles. The normalized spacial score (nSPS) is 8.91. The van der Waals surface area contributed by atoms with E-state index in [1.54, 1.807) is 36.4 Å². The van der Waals surface area contributed by atoms with Crippen LogP contribution < -0.4 is 9.47 Å². The lowest BCUT2D eigenvalue weighted by Gasteiger charge is -2.01. The summed E-state index contributed by atoms with van der Waals surface area (Å²) in [5.41, 5.74) is 0. The van der Waals surface area contributed by atoms with E-state index in [1.807, 2.05) is 0 Å². The van der Waals surface area contributed by atoms with Crippen LogP contribution in [-0.4, -0.2) is 23.4 Å². The Balaban J connectivity index is 1.71. The van der Waals surface area contributed by atoms with E-state index in [2.05, 4.69) is 23.7 Å². The molecule has 2 aromatic rings. The highest BCUT2D eigenvalue weighted by Gasteiger charge is 1.93. The summed E-state index contributed by atoms with van der Waals surface area (Å²) in [6.45, 7) is 0.372. The summed E-state index contributed by atoms with van der Waals surface area (Å²) < 4.78 is 10.6. The number of rotatable bonds is 4. The van der Waals surface area contributed by atoms with Crippen molar-refractivity contribution in [2.75, 3.05) is 13.2 Å². The molecule has 0 radical (unpaired) electrons. The van der Waals surface area contributed by atoms with E-state index in [4.69, 9.17) is 9.47 Å². The molecule has 0 atom stereocenters. The summed E-state index contributed by atoms with van der Waals surface area (Å²) in [5.74, 6) is 12.2. The number of benzene rings is 2. The maximum Gasteiger partial charge on any atom is 0.150 e. The van der Waals surface area contributed by atoms with Crippen molar-refractivity contribution in [1.29, 1.82) is 0 Å². The molecule has 0 aliphatic carbocycles. The van der Waals surface area contributed by atoms with Gasteiger partial charge in [0.15, 0.2) is 0 Å². The van der Waals surface area contributed by atoms with Gasteiger partial charge < -0.3 is 19.7 Å². The van der Waals surface area contributed by atoms with Crippen molar-refractivity contribution in [2.24, 2.45) is 0 Å². The van der Waals surface area contributed by atoms with E-state index < -0.39 is 0 Å². The van der Waals surface area contributed by atoms with Gasteiger partial charge in [-0.15, -0.1) is 0 Å². The monoisotopic (exact) mass is 294 g/mol. The molecular formula is C18H14O4. The molecule has 4 nitrogen and oxygen atoms in total. The molecule has 22 heavy (non-hydrogen) atoms. The second-order valence-electron chi connectivity index (χ2n) is 4.18. The fourth-order valence-corrected chi connectivity index (χ4v) is 1.55. The van der Waals surface area contributed by atoms with Gasteiger partial charge in [-0.3, -0.25) is 0 Å². The highest BCUT2D eigenvalue weighted by Crippen LogP contribution is 2.17. The highest BCUT2D eigenvalue weighted by atomic mass is 16.5. The molecule has 0 aliphatic rings. The first-order valence-corrected chi connectivity index (χ1v) is 6.53. The second kappa shape index (κ2) is 8.14. The average Bonchev–Trinajstić information content (AvgIpc) is 2.50. The number of aromatic hydroxyl groups is 2. The molecule has 0 saturated heterocycles. The van der Waals surface area contributed by atoms with Gasteiger partial charge in [0.05, 0.1) is 0 Å². The van der Waals surface area contributed by atoms with E-state index in [0.29, 0.717) is 11.5 Å². The molecule has 0 unspecified atom stereocenters. The number of phenols is 2. The lowest BCUT2D eigenvalue weighted by atomic mass is 10.3. The minimum atomic E-state index is 0.148. The van der Waals surface area contributed by atoms with Crippen LogP contribution in [0.3, 0.4) is 0 Å². The summed E-state index contributed by atoms with van der Waals surface area (Å²) >= 11 is 0. The van der Waals surface area contributed by atoms with Crippen LogP contribution >= 0.6 is 0 Å². The van der Waals surface area contributed by atoms with Gasteiger partial charge in [0.1, 0.15) is 36.2 Å². The standard InChI is InChI=1S/C18H14O4/c19-15-7-5-9-17(13-15)21-11-3-1-2-4-12-22-18-10-6-8-16(20)14-18/h5-10,13-14,19-20H,11-12H2. The number of hydrogen-bond donors (Lipinski definition) is 2. The molecule has 0 spiro atoms. The Kier molecular flexibility index (Phi) is 5.61. The van der Waals surface area contributed by atoms with Crippen molar-refractivity contribution in [3.63, 3.8) is 0 Å². The first kappa shape index (κ1) is 15.2. The van der Waals surface area contributed by atoms with Gasteiger partial charge in [-0.25, -0.2) is 0 Å². The zero-order chi connectivity index (χ0) is 15.6. The van der Waals surface area contributed by atoms with Gasteiger partial charge in [0.2, 0.25) is 0 Å². The van der Waals surface area contributed by atoms with Gasteiger partial charge in [-0.2, -0.15) is 0 Å². The largest absolute Gasteiger partial charge is 0.508 e. The molecule has 110 valence electrons. The highest BCUT2D eigenvalue weighted by molar-refractivity contribution is 5.33. The molecule has 4 heteroatoms. The summed E-state index contributed by atoms with van der Waals surface area (Å²) in [6, 6.07) is 13.0. The second-order valence-corrected chi connectivity index (χ2v) is 4.18. The van der Waals surface area contributed by atoms with Crippen LogP contribution in [0.15, 0.2) is 48.5 Å². The Labute approximate surface area is 128 Å². The Morgan fingerprint density at radius 1 is 0.727 bits per heavy atom. The van der Waals surface area contributed by atoms with Crippen LogP contribution in [0.4, 0.5) is 0 Å². The van der Waals surface area contributed by atoms with Crippen LogP contribution in [0.25, 0.3) is 0 Å². The third-order valence-corrected chi connectivity index (χ3v) is 2.50. The zero-order valence-corrected chi connectivity index (χ0v) is 11.7. The van der Waals surface area contributed by atoms with Crippen LogP contribution in [-0.2, 0) is 0 Å². The third-order valence-electron chi connectivity index (χ3n) is 2.50. The van der Waals surface area contributed by atoms with E-state index in [1.165, 1.54) is 12.1 Å². The fraction of sp³-hybridized carbons (Fsp3) is 0.111. The van der Waals surface area contributed by atoms with Crippen molar-refractivity contribution in [1.82, 2.24) is 0 Å². The first-order chi connectivity index (χ1) is 10.7. The molecule has 0 aliphatic heterocycles. The van der Waals surface area contributed by atoms with Crippen LogP contribution in [0.5, 0.6) is 23.0 Å². The van der Waals surface area contributed by atoms with Crippen molar-refractivity contribution < 1.29 is 19.7 Å². The van der Waals surface area contributed by atoms with Crippen molar-refractivity contribution in [3.05, 3.63) is 48.5 Å².